The van der Waals surface area contributed by atoms with Crippen LogP contribution in [0.25, 0.3) is 0 Å². The summed E-state index contributed by atoms with van der Waals surface area (Å²) in [5, 5.41) is 4.91. The zero-order valence-corrected chi connectivity index (χ0v) is 27.7. The van der Waals surface area contributed by atoms with E-state index in [-0.39, 0.29) is 16.9 Å². The van der Waals surface area contributed by atoms with Crippen LogP contribution in [-0.4, -0.2) is 60.3 Å². The number of amides is 2. The van der Waals surface area contributed by atoms with Gasteiger partial charge >= 0.3 is 6.09 Å². The van der Waals surface area contributed by atoms with Crippen molar-refractivity contribution in [3.63, 3.8) is 0 Å². The molecule has 1 aliphatic heterocycles. The molecule has 6 rings (SSSR count). The molecule has 2 heterocycles. The average molecular weight is 685 g/mol. The Labute approximate surface area is 290 Å². The highest BCUT2D eigenvalue weighted by Gasteiger charge is 2.39. The zero-order valence-electron chi connectivity index (χ0n) is 27.7. The zero-order chi connectivity index (χ0) is 35.5. The summed E-state index contributed by atoms with van der Waals surface area (Å²) in [6, 6.07) is 19.9. The van der Waals surface area contributed by atoms with Crippen molar-refractivity contribution in [1.82, 2.24) is 15.2 Å². The van der Waals surface area contributed by atoms with Crippen LogP contribution in [0.4, 0.5) is 23.7 Å². The van der Waals surface area contributed by atoms with Gasteiger partial charge in [-0.3, -0.25) is 14.7 Å². The SMILES string of the molecule is C#Cc1c(F)cncc1NC(=O)C(NC(=O)OC)C(c1ccc(F)cc1)c1ccc(F)cc1.c1ccc(CN2CCOC3(CCCC3)C2)cc1. The van der Waals surface area contributed by atoms with Crippen LogP contribution in [-0.2, 0) is 20.8 Å². The number of carbonyl (C=O) groups excluding carboxylic acids is 2. The predicted octanol–water partition coefficient (Wildman–Crippen LogP) is 6.81. The number of halogens is 3. The number of morpholine rings is 1. The molecule has 2 N–H and O–H groups in total. The number of pyridine rings is 1. The number of terminal acetylenes is 1. The molecule has 1 unspecified atom stereocenters. The molecule has 1 aliphatic carbocycles. The summed E-state index contributed by atoms with van der Waals surface area (Å²) < 4.78 is 51.8. The highest BCUT2D eigenvalue weighted by Crippen LogP contribution is 2.36. The second kappa shape index (κ2) is 17.0. The van der Waals surface area contributed by atoms with Gasteiger partial charge in [-0.05, 0) is 53.8 Å². The fraction of sp³-hybridized carbons (Fsp3) is 0.308. The highest BCUT2D eigenvalue weighted by atomic mass is 19.1. The van der Waals surface area contributed by atoms with E-state index in [1.807, 2.05) is 0 Å². The van der Waals surface area contributed by atoms with Gasteiger partial charge in [0.15, 0.2) is 5.82 Å². The van der Waals surface area contributed by atoms with E-state index in [0.717, 1.165) is 45.7 Å². The minimum absolute atomic E-state index is 0.0869. The predicted molar refractivity (Wildman–Crippen MR) is 184 cm³/mol. The van der Waals surface area contributed by atoms with Crippen LogP contribution in [0.5, 0.6) is 0 Å². The molecule has 3 aromatic carbocycles. The van der Waals surface area contributed by atoms with Gasteiger partial charge in [-0.2, -0.15) is 0 Å². The Morgan fingerprint density at radius 1 is 0.960 bits per heavy atom. The summed E-state index contributed by atoms with van der Waals surface area (Å²) in [7, 11) is 1.11. The third-order valence-electron chi connectivity index (χ3n) is 8.93. The number of hydrogen-bond acceptors (Lipinski definition) is 6. The fourth-order valence-electron chi connectivity index (χ4n) is 6.51. The molecule has 11 heteroatoms. The van der Waals surface area contributed by atoms with Crippen LogP contribution >= 0.6 is 0 Å². The molecule has 1 spiro atoms. The Morgan fingerprint density at radius 2 is 1.58 bits per heavy atom. The molecular formula is C39H39F3N4O4. The number of nitrogens with zero attached hydrogens (tertiary/aromatic N) is 2. The van der Waals surface area contributed by atoms with Gasteiger partial charge in [0.25, 0.3) is 0 Å². The molecule has 1 atom stereocenters. The Hall–Kier alpha value is -5.18. The lowest BCUT2D eigenvalue weighted by Crippen LogP contribution is -2.49. The van der Waals surface area contributed by atoms with Gasteiger partial charge in [0.2, 0.25) is 5.91 Å². The Kier molecular flexibility index (Phi) is 12.3. The number of nitrogens with one attached hydrogen (secondary N) is 2. The van der Waals surface area contributed by atoms with Gasteiger partial charge in [-0.1, -0.05) is 73.4 Å². The third-order valence-corrected chi connectivity index (χ3v) is 8.93. The van der Waals surface area contributed by atoms with Gasteiger partial charge in [-0.15, -0.1) is 6.42 Å². The highest BCUT2D eigenvalue weighted by molar-refractivity contribution is 5.98. The Morgan fingerprint density at radius 3 is 2.16 bits per heavy atom. The van der Waals surface area contributed by atoms with E-state index >= 15 is 0 Å². The first-order chi connectivity index (χ1) is 24.2. The number of alkyl carbamates (subject to hydrolysis) is 1. The van der Waals surface area contributed by atoms with Gasteiger partial charge < -0.3 is 20.1 Å². The van der Waals surface area contributed by atoms with Crippen LogP contribution < -0.4 is 10.6 Å². The van der Waals surface area contributed by atoms with Crippen LogP contribution in [0.15, 0.2) is 91.3 Å². The maximum Gasteiger partial charge on any atom is 0.407 e. The Balaban J connectivity index is 0.000000237. The number of anilines is 1. The van der Waals surface area contributed by atoms with Crippen molar-refractivity contribution < 1.29 is 32.2 Å². The molecule has 2 fully saturated rings. The molecule has 2 amide bonds. The van der Waals surface area contributed by atoms with Crippen LogP contribution in [0.2, 0.25) is 0 Å². The lowest BCUT2D eigenvalue weighted by molar-refractivity contribution is -0.118. The first-order valence-electron chi connectivity index (χ1n) is 16.4. The van der Waals surface area contributed by atoms with E-state index in [1.165, 1.54) is 79.8 Å². The molecule has 0 bridgehead atoms. The van der Waals surface area contributed by atoms with Crippen molar-refractivity contribution in [1.29, 1.82) is 0 Å². The van der Waals surface area contributed by atoms with E-state index in [2.05, 4.69) is 61.5 Å². The Bertz CT molecular complexity index is 1730. The maximum absolute atomic E-state index is 14.0. The van der Waals surface area contributed by atoms with Crippen molar-refractivity contribution >= 4 is 17.7 Å². The molecule has 50 heavy (non-hydrogen) atoms. The molecule has 1 saturated carbocycles. The van der Waals surface area contributed by atoms with Gasteiger partial charge in [-0.25, -0.2) is 18.0 Å². The average Bonchev–Trinajstić information content (AvgIpc) is 3.57. The van der Waals surface area contributed by atoms with Crippen LogP contribution in [0, 0.1) is 29.8 Å². The largest absolute Gasteiger partial charge is 0.453 e. The maximum atomic E-state index is 14.0. The van der Waals surface area contributed by atoms with Gasteiger partial charge in [0.05, 0.1) is 43.0 Å². The first kappa shape index (κ1) is 36.1. The smallest absolute Gasteiger partial charge is 0.407 e. The number of aromatic nitrogens is 1. The lowest BCUT2D eigenvalue weighted by atomic mass is 9.84. The second-order valence-corrected chi connectivity index (χ2v) is 12.3. The molecule has 0 radical (unpaired) electrons. The molecule has 1 saturated heterocycles. The van der Waals surface area contributed by atoms with Crippen molar-refractivity contribution in [3.05, 3.63) is 131 Å². The first-order valence-corrected chi connectivity index (χ1v) is 16.4. The monoisotopic (exact) mass is 684 g/mol. The number of hydrogen-bond donors (Lipinski definition) is 2. The van der Waals surface area contributed by atoms with E-state index in [9.17, 15) is 22.8 Å². The quantitative estimate of drug-likeness (QED) is 0.198. The minimum atomic E-state index is -1.35. The van der Waals surface area contributed by atoms with E-state index < -0.39 is 41.4 Å². The molecule has 1 aromatic heterocycles. The summed E-state index contributed by atoms with van der Waals surface area (Å²) in [6.07, 6.45) is 11.7. The summed E-state index contributed by atoms with van der Waals surface area (Å²) in [5.41, 5.74) is 2.18. The molecular weight excluding hydrogens is 645 g/mol. The number of ether oxygens (including phenoxy) is 2. The van der Waals surface area contributed by atoms with E-state index in [4.69, 9.17) is 11.2 Å². The fourth-order valence-corrected chi connectivity index (χ4v) is 6.51. The standard InChI is InChI=1S/C24H18F3N3O3.C15H21NO/c1-3-18-19(27)12-28-13-20(18)29-23(31)22(30-24(32)33-2)21(14-4-8-16(25)9-5-14)15-6-10-17(26)11-7-15;1-2-6-14(7-3-1)12-16-10-11-17-15(13-16)8-4-5-9-15/h1,4-13,21-22H,2H3,(H,29,31)(H,30,32);1-3,6-7H,4-5,8-13H2. The molecule has 4 aromatic rings. The number of benzene rings is 3. The number of rotatable bonds is 8. The summed E-state index contributed by atoms with van der Waals surface area (Å²) >= 11 is 0. The summed E-state index contributed by atoms with van der Waals surface area (Å²) in [4.78, 5) is 31.7. The normalized spacial score (nSPS) is 15.8. The van der Waals surface area contributed by atoms with Crippen molar-refractivity contribution in [3.8, 4) is 12.3 Å². The van der Waals surface area contributed by atoms with Gasteiger partial charge in [0.1, 0.15) is 17.7 Å². The summed E-state index contributed by atoms with van der Waals surface area (Å²) in [5.74, 6) is -1.39. The van der Waals surface area contributed by atoms with Crippen LogP contribution in [0.3, 0.4) is 0 Å². The second-order valence-electron chi connectivity index (χ2n) is 12.3. The van der Waals surface area contributed by atoms with Crippen molar-refractivity contribution in [2.45, 2.75) is 49.8 Å². The number of methoxy groups -OCH3 is 1. The van der Waals surface area contributed by atoms with E-state index in [0.29, 0.717) is 11.1 Å². The molecule has 260 valence electrons. The van der Waals surface area contributed by atoms with Crippen LogP contribution in [0.1, 0.15) is 53.9 Å². The lowest BCUT2D eigenvalue weighted by Gasteiger charge is -2.40. The van der Waals surface area contributed by atoms with Gasteiger partial charge in [0, 0.05) is 25.6 Å². The number of carbonyl (C=O) groups is 2. The summed E-state index contributed by atoms with van der Waals surface area (Å²) in [6.45, 7) is 4.19. The third kappa shape index (κ3) is 9.28. The van der Waals surface area contributed by atoms with E-state index in [1.54, 1.807) is 0 Å². The van der Waals surface area contributed by atoms with Crippen molar-refractivity contribution in [2.24, 2.45) is 0 Å². The topological polar surface area (TPSA) is 92.8 Å². The minimum Gasteiger partial charge on any atom is -0.453 e. The molecule has 8 nitrogen and oxygen atoms in total. The molecule has 2 aliphatic rings. The van der Waals surface area contributed by atoms with Crippen molar-refractivity contribution in [2.75, 3.05) is 32.1 Å².